The summed E-state index contributed by atoms with van der Waals surface area (Å²) in [5.41, 5.74) is 0.610. The maximum atomic E-state index is 12.5. The van der Waals surface area contributed by atoms with Gasteiger partial charge in [-0.2, -0.15) is 0 Å². The highest BCUT2D eigenvalue weighted by molar-refractivity contribution is 6.32. The van der Waals surface area contributed by atoms with Crippen LogP contribution in [0.4, 0.5) is 5.69 Å². The first-order chi connectivity index (χ1) is 14.5. The molecular formula is C23H23ClN2O4. The maximum absolute atomic E-state index is 12.5. The van der Waals surface area contributed by atoms with Gasteiger partial charge in [-0.15, -0.1) is 0 Å². The largest absolute Gasteiger partial charge is 0.456 e. The average molecular weight is 427 g/mol. The SMILES string of the molecule is O=C(CCN1C(=O)[C@H]2CCCC[C@H]2C1=O)Nc1ccc(Oc2ccccc2Cl)cc1. The third-order valence-corrected chi connectivity index (χ3v) is 6.01. The molecule has 2 aliphatic rings. The molecule has 0 radical (unpaired) electrons. The molecule has 2 fully saturated rings. The van der Waals surface area contributed by atoms with Crippen molar-refractivity contribution in [3.05, 3.63) is 53.6 Å². The van der Waals surface area contributed by atoms with Crippen LogP contribution >= 0.6 is 11.6 Å². The maximum Gasteiger partial charge on any atom is 0.233 e. The summed E-state index contributed by atoms with van der Waals surface area (Å²) >= 11 is 6.09. The minimum atomic E-state index is -0.245. The molecule has 2 aromatic rings. The Morgan fingerprint density at radius 3 is 2.27 bits per heavy atom. The van der Waals surface area contributed by atoms with Crippen molar-refractivity contribution < 1.29 is 19.1 Å². The van der Waals surface area contributed by atoms with Crippen LogP contribution in [0, 0.1) is 11.8 Å². The molecule has 1 saturated carbocycles. The van der Waals surface area contributed by atoms with Gasteiger partial charge in [0.15, 0.2) is 0 Å². The van der Waals surface area contributed by atoms with E-state index in [2.05, 4.69) is 5.32 Å². The Morgan fingerprint density at radius 1 is 1.00 bits per heavy atom. The Bertz CT molecular complexity index is 936. The Kier molecular flexibility index (Phi) is 6.04. The van der Waals surface area contributed by atoms with Crippen LogP contribution in [0.5, 0.6) is 11.5 Å². The lowest BCUT2D eigenvalue weighted by molar-refractivity contribution is -0.140. The van der Waals surface area contributed by atoms with E-state index in [0.717, 1.165) is 25.7 Å². The number of carbonyl (C=O) groups excluding carboxylic acids is 3. The minimum Gasteiger partial charge on any atom is -0.456 e. The molecule has 2 aromatic carbocycles. The monoisotopic (exact) mass is 426 g/mol. The highest BCUT2D eigenvalue weighted by atomic mass is 35.5. The number of ether oxygens (including phenoxy) is 1. The number of hydrogen-bond donors (Lipinski definition) is 1. The van der Waals surface area contributed by atoms with Crippen molar-refractivity contribution in [1.29, 1.82) is 0 Å². The third kappa shape index (κ3) is 4.33. The van der Waals surface area contributed by atoms with Crippen LogP contribution in [-0.4, -0.2) is 29.2 Å². The van der Waals surface area contributed by atoms with Gasteiger partial charge in [0.1, 0.15) is 11.5 Å². The van der Waals surface area contributed by atoms with Gasteiger partial charge in [-0.1, -0.05) is 36.6 Å². The van der Waals surface area contributed by atoms with Gasteiger partial charge in [0.25, 0.3) is 0 Å². The summed E-state index contributed by atoms with van der Waals surface area (Å²) in [4.78, 5) is 38.6. The van der Waals surface area contributed by atoms with Gasteiger partial charge >= 0.3 is 0 Å². The Labute approximate surface area is 180 Å². The van der Waals surface area contributed by atoms with E-state index in [0.29, 0.717) is 22.2 Å². The first-order valence-electron chi connectivity index (χ1n) is 10.2. The number of rotatable bonds is 6. The van der Waals surface area contributed by atoms with Gasteiger partial charge in [0, 0.05) is 18.7 Å². The Hall–Kier alpha value is -2.86. The summed E-state index contributed by atoms with van der Waals surface area (Å²) in [5.74, 6) is 0.316. The zero-order chi connectivity index (χ0) is 21.1. The number of nitrogens with zero attached hydrogens (tertiary/aromatic N) is 1. The fourth-order valence-corrected chi connectivity index (χ4v) is 4.32. The van der Waals surface area contributed by atoms with Crippen LogP contribution in [0.1, 0.15) is 32.1 Å². The van der Waals surface area contributed by atoms with Gasteiger partial charge in [0.05, 0.1) is 16.9 Å². The molecule has 0 aromatic heterocycles. The number of nitrogens with one attached hydrogen (secondary N) is 1. The normalized spacial score (nSPS) is 20.8. The second kappa shape index (κ2) is 8.88. The summed E-state index contributed by atoms with van der Waals surface area (Å²) in [7, 11) is 0. The third-order valence-electron chi connectivity index (χ3n) is 5.70. The predicted molar refractivity (Wildman–Crippen MR) is 113 cm³/mol. The van der Waals surface area contributed by atoms with E-state index < -0.39 is 0 Å². The standard InChI is InChI=1S/C23H23ClN2O4/c24-19-7-3-4-8-20(19)30-16-11-9-15(10-12-16)25-21(27)13-14-26-22(28)17-5-1-2-6-18(17)23(26)29/h3-4,7-12,17-18H,1-2,5-6,13-14H2,(H,25,27)/t17-,18+. The Morgan fingerprint density at radius 2 is 1.63 bits per heavy atom. The second-order valence-electron chi connectivity index (χ2n) is 7.68. The van der Waals surface area contributed by atoms with Crippen LogP contribution in [0.3, 0.4) is 0 Å². The molecule has 1 saturated heterocycles. The number of hydrogen-bond acceptors (Lipinski definition) is 4. The van der Waals surface area contributed by atoms with Crippen molar-refractivity contribution in [2.75, 3.05) is 11.9 Å². The minimum absolute atomic E-state index is 0.0782. The van der Waals surface area contributed by atoms with Crippen molar-refractivity contribution in [2.45, 2.75) is 32.1 Å². The molecule has 1 aliphatic heterocycles. The molecule has 3 amide bonds. The van der Waals surface area contributed by atoms with Gasteiger partial charge in [-0.3, -0.25) is 19.3 Å². The molecule has 0 unspecified atom stereocenters. The lowest BCUT2D eigenvalue weighted by Gasteiger charge is -2.19. The van der Waals surface area contributed by atoms with E-state index in [1.807, 2.05) is 12.1 Å². The van der Waals surface area contributed by atoms with E-state index >= 15 is 0 Å². The van der Waals surface area contributed by atoms with Crippen molar-refractivity contribution in [3.63, 3.8) is 0 Å². The van der Waals surface area contributed by atoms with Gasteiger partial charge in [-0.25, -0.2) is 0 Å². The number of para-hydroxylation sites is 1. The van der Waals surface area contributed by atoms with Crippen molar-refractivity contribution in [1.82, 2.24) is 4.90 Å². The number of carbonyl (C=O) groups is 3. The average Bonchev–Trinajstić information content (AvgIpc) is 3.00. The van der Waals surface area contributed by atoms with Crippen LogP contribution < -0.4 is 10.1 Å². The van der Waals surface area contributed by atoms with E-state index in [-0.39, 0.29) is 42.5 Å². The molecule has 4 rings (SSSR count). The quantitative estimate of drug-likeness (QED) is 0.683. The molecule has 6 nitrogen and oxygen atoms in total. The lowest BCUT2D eigenvalue weighted by atomic mass is 9.81. The lowest BCUT2D eigenvalue weighted by Crippen LogP contribution is -2.34. The fourth-order valence-electron chi connectivity index (χ4n) is 4.15. The van der Waals surface area contributed by atoms with Crippen LogP contribution in [0.2, 0.25) is 5.02 Å². The summed E-state index contributed by atoms with van der Waals surface area (Å²) in [6, 6.07) is 14.1. The van der Waals surface area contributed by atoms with Crippen molar-refractivity contribution in [3.8, 4) is 11.5 Å². The van der Waals surface area contributed by atoms with Crippen molar-refractivity contribution >= 4 is 35.0 Å². The van der Waals surface area contributed by atoms with Gasteiger partial charge in [-0.05, 0) is 49.2 Å². The van der Waals surface area contributed by atoms with Crippen LogP contribution in [-0.2, 0) is 14.4 Å². The zero-order valence-corrected chi connectivity index (χ0v) is 17.2. The number of fused-ring (bicyclic) bond motifs is 1. The van der Waals surface area contributed by atoms with E-state index in [1.54, 1.807) is 36.4 Å². The van der Waals surface area contributed by atoms with E-state index in [4.69, 9.17) is 16.3 Å². The summed E-state index contributed by atoms with van der Waals surface area (Å²) in [6.07, 6.45) is 3.62. The number of likely N-dealkylation sites (tertiary alicyclic amines) is 1. The number of imide groups is 1. The number of anilines is 1. The highest BCUT2D eigenvalue weighted by Gasteiger charge is 2.47. The molecule has 30 heavy (non-hydrogen) atoms. The van der Waals surface area contributed by atoms with Crippen molar-refractivity contribution in [2.24, 2.45) is 11.8 Å². The predicted octanol–water partition coefficient (Wildman–Crippen LogP) is 4.64. The van der Waals surface area contributed by atoms with Gasteiger partial charge < -0.3 is 10.1 Å². The van der Waals surface area contributed by atoms with Crippen LogP contribution in [0.15, 0.2) is 48.5 Å². The molecule has 1 N–H and O–H groups in total. The first-order valence-corrected chi connectivity index (χ1v) is 10.6. The highest BCUT2D eigenvalue weighted by Crippen LogP contribution is 2.38. The topological polar surface area (TPSA) is 75.7 Å². The first kappa shape index (κ1) is 20.4. The summed E-state index contributed by atoms with van der Waals surface area (Å²) < 4.78 is 5.73. The number of amides is 3. The molecule has 1 aliphatic carbocycles. The van der Waals surface area contributed by atoms with Crippen LogP contribution in [0.25, 0.3) is 0 Å². The summed E-state index contributed by atoms with van der Waals surface area (Å²) in [6.45, 7) is 0.129. The fraction of sp³-hybridized carbons (Fsp3) is 0.348. The summed E-state index contributed by atoms with van der Waals surface area (Å²) in [5, 5.41) is 3.31. The Balaban J connectivity index is 1.29. The van der Waals surface area contributed by atoms with Gasteiger partial charge in [0.2, 0.25) is 17.7 Å². The number of benzene rings is 2. The van der Waals surface area contributed by atoms with E-state index in [1.165, 1.54) is 4.90 Å². The molecule has 1 heterocycles. The molecule has 0 bridgehead atoms. The molecular weight excluding hydrogens is 404 g/mol. The molecule has 7 heteroatoms. The second-order valence-corrected chi connectivity index (χ2v) is 8.09. The number of halogens is 1. The zero-order valence-electron chi connectivity index (χ0n) is 16.5. The smallest absolute Gasteiger partial charge is 0.233 e. The molecule has 0 spiro atoms. The van der Waals surface area contributed by atoms with E-state index in [9.17, 15) is 14.4 Å². The molecule has 2 atom stereocenters. The molecule has 156 valence electrons.